The number of hydrogen-bond donors (Lipinski definition) is 0. The van der Waals surface area contributed by atoms with Crippen LogP contribution in [0.15, 0.2) is 28.7 Å². The summed E-state index contributed by atoms with van der Waals surface area (Å²) < 4.78 is 26.7. The van der Waals surface area contributed by atoms with Gasteiger partial charge in [0.15, 0.2) is 0 Å². The van der Waals surface area contributed by atoms with Crippen LogP contribution >= 0.6 is 23.8 Å². The van der Waals surface area contributed by atoms with E-state index in [4.69, 9.17) is 4.52 Å². The molecule has 0 fully saturated rings. The van der Waals surface area contributed by atoms with Gasteiger partial charge in [0.05, 0.1) is 0 Å². The van der Waals surface area contributed by atoms with Gasteiger partial charge in [-0.25, -0.2) is 4.57 Å². The molecule has 0 amide bonds. The molecule has 1 aromatic rings. The normalized spacial score (nSPS) is 11.4. The summed E-state index contributed by atoms with van der Waals surface area (Å²) in [6.07, 6.45) is 0. The third-order valence-electron chi connectivity index (χ3n) is 1.48. The van der Waals surface area contributed by atoms with Gasteiger partial charge in [0.2, 0.25) is 0 Å². The summed E-state index contributed by atoms with van der Waals surface area (Å²) in [5.74, 6) is 0.431. The molecule has 0 N–H and O–H groups in total. The van der Waals surface area contributed by atoms with Gasteiger partial charge in [0.25, 0.3) is 0 Å². The Balaban J connectivity index is 2.78. The van der Waals surface area contributed by atoms with E-state index < -0.39 is 7.82 Å². The fourth-order valence-corrected chi connectivity index (χ4v) is 1.72. The summed E-state index contributed by atoms with van der Waals surface area (Å²) in [7, 11) is -0.899. The first-order valence-corrected chi connectivity index (χ1v) is 6.01. The standard InChI is InChI=1S/C8H10BrO4P/c1-11-14(10,12-2)13-8-5-3-7(9)4-6-8/h3-6H,1-2H3. The van der Waals surface area contributed by atoms with Crippen LogP contribution in [-0.2, 0) is 13.6 Å². The Morgan fingerprint density at radius 3 is 2.07 bits per heavy atom. The third-order valence-corrected chi connectivity index (χ3v) is 3.34. The summed E-state index contributed by atoms with van der Waals surface area (Å²) in [6.45, 7) is 0. The van der Waals surface area contributed by atoms with E-state index in [1.54, 1.807) is 24.3 Å². The van der Waals surface area contributed by atoms with Crippen LogP contribution in [0.4, 0.5) is 0 Å². The highest BCUT2D eigenvalue weighted by molar-refractivity contribution is 9.10. The molecule has 0 saturated heterocycles. The molecule has 0 spiro atoms. The van der Waals surface area contributed by atoms with Crippen molar-refractivity contribution in [2.75, 3.05) is 14.2 Å². The number of phosphoric ester groups is 1. The van der Waals surface area contributed by atoms with E-state index in [1.807, 2.05) is 0 Å². The van der Waals surface area contributed by atoms with Crippen molar-refractivity contribution in [2.24, 2.45) is 0 Å². The van der Waals surface area contributed by atoms with Crippen LogP contribution in [0.25, 0.3) is 0 Å². The minimum Gasteiger partial charge on any atom is -0.404 e. The highest BCUT2D eigenvalue weighted by Gasteiger charge is 2.24. The lowest BCUT2D eigenvalue weighted by molar-refractivity contribution is 0.211. The van der Waals surface area contributed by atoms with Crippen molar-refractivity contribution in [3.8, 4) is 5.75 Å². The highest BCUT2D eigenvalue weighted by Crippen LogP contribution is 2.47. The Morgan fingerprint density at radius 2 is 1.64 bits per heavy atom. The third kappa shape index (κ3) is 3.10. The van der Waals surface area contributed by atoms with E-state index in [9.17, 15) is 4.57 Å². The summed E-state index contributed by atoms with van der Waals surface area (Å²) >= 11 is 3.27. The van der Waals surface area contributed by atoms with Gasteiger partial charge in [-0.1, -0.05) is 15.9 Å². The molecule has 0 atom stereocenters. The maximum absolute atomic E-state index is 11.5. The van der Waals surface area contributed by atoms with Gasteiger partial charge in [0.1, 0.15) is 5.75 Å². The lowest BCUT2D eigenvalue weighted by Crippen LogP contribution is -1.96. The zero-order valence-electron chi connectivity index (χ0n) is 7.77. The zero-order valence-corrected chi connectivity index (χ0v) is 10.2. The number of benzene rings is 1. The number of rotatable bonds is 4. The quantitative estimate of drug-likeness (QED) is 0.795. The molecule has 0 bridgehead atoms. The first kappa shape index (κ1) is 11.7. The maximum atomic E-state index is 11.5. The Labute approximate surface area is 90.9 Å². The van der Waals surface area contributed by atoms with Crippen LogP contribution in [-0.4, -0.2) is 14.2 Å². The van der Waals surface area contributed by atoms with Crippen molar-refractivity contribution in [2.45, 2.75) is 0 Å². The molecule has 1 rings (SSSR count). The summed E-state index contributed by atoms with van der Waals surface area (Å²) in [4.78, 5) is 0. The van der Waals surface area contributed by atoms with Gasteiger partial charge in [-0.05, 0) is 24.3 Å². The minimum absolute atomic E-state index is 0.431. The molecule has 6 heteroatoms. The largest absolute Gasteiger partial charge is 0.529 e. The second kappa shape index (κ2) is 4.94. The van der Waals surface area contributed by atoms with Gasteiger partial charge in [-0.15, -0.1) is 0 Å². The Morgan fingerprint density at radius 1 is 1.14 bits per heavy atom. The molecule has 0 aliphatic rings. The first-order chi connectivity index (χ1) is 6.59. The van der Waals surface area contributed by atoms with Gasteiger partial charge >= 0.3 is 7.82 Å². The molecule has 0 aliphatic heterocycles. The number of halogens is 1. The second-order valence-corrected chi connectivity index (χ2v) is 5.08. The smallest absolute Gasteiger partial charge is 0.404 e. The van der Waals surface area contributed by atoms with Crippen LogP contribution in [0.2, 0.25) is 0 Å². The molecule has 0 aromatic heterocycles. The van der Waals surface area contributed by atoms with E-state index >= 15 is 0 Å². The highest BCUT2D eigenvalue weighted by atomic mass is 79.9. The number of hydrogen-bond acceptors (Lipinski definition) is 4. The Hall–Kier alpha value is -0.350. The molecule has 0 saturated carbocycles. The van der Waals surface area contributed by atoms with Gasteiger partial charge < -0.3 is 4.52 Å². The molecular formula is C8H10BrO4P. The van der Waals surface area contributed by atoms with Crippen molar-refractivity contribution in [3.63, 3.8) is 0 Å². The fourth-order valence-electron chi connectivity index (χ4n) is 0.774. The lowest BCUT2D eigenvalue weighted by Gasteiger charge is -2.13. The predicted molar refractivity (Wildman–Crippen MR) is 56.4 cm³/mol. The summed E-state index contributed by atoms with van der Waals surface area (Å²) in [5, 5.41) is 0. The number of phosphoric acid groups is 1. The second-order valence-electron chi connectivity index (χ2n) is 2.36. The molecule has 0 radical (unpaired) electrons. The van der Waals surface area contributed by atoms with Crippen LogP contribution < -0.4 is 4.52 Å². The molecule has 0 unspecified atom stereocenters. The maximum Gasteiger partial charge on any atom is 0.529 e. The van der Waals surface area contributed by atoms with Crippen LogP contribution in [0.1, 0.15) is 0 Å². The molecule has 0 heterocycles. The summed E-state index contributed by atoms with van der Waals surface area (Å²) in [6, 6.07) is 6.86. The minimum atomic E-state index is -3.43. The van der Waals surface area contributed by atoms with Crippen molar-refractivity contribution >= 4 is 23.8 Å². The van der Waals surface area contributed by atoms with Crippen LogP contribution in [0.3, 0.4) is 0 Å². The van der Waals surface area contributed by atoms with E-state index in [2.05, 4.69) is 25.0 Å². The Kier molecular flexibility index (Phi) is 4.13. The monoisotopic (exact) mass is 280 g/mol. The van der Waals surface area contributed by atoms with Gasteiger partial charge in [0, 0.05) is 18.7 Å². The van der Waals surface area contributed by atoms with E-state index in [0.29, 0.717) is 5.75 Å². The van der Waals surface area contributed by atoms with Crippen LogP contribution in [0.5, 0.6) is 5.75 Å². The fraction of sp³-hybridized carbons (Fsp3) is 0.250. The lowest BCUT2D eigenvalue weighted by atomic mass is 10.3. The molecular weight excluding hydrogens is 271 g/mol. The van der Waals surface area contributed by atoms with Crippen LogP contribution in [0, 0.1) is 0 Å². The first-order valence-electron chi connectivity index (χ1n) is 3.76. The molecule has 14 heavy (non-hydrogen) atoms. The van der Waals surface area contributed by atoms with Crippen molar-refractivity contribution in [3.05, 3.63) is 28.7 Å². The SMILES string of the molecule is COP(=O)(OC)Oc1ccc(Br)cc1. The van der Waals surface area contributed by atoms with Crippen molar-refractivity contribution in [1.29, 1.82) is 0 Å². The average Bonchev–Trinajstić information content (AvgIpc) is 2.21. The Bertz CT molecular complexity index is 330. The molecule has 1 aromatic carbocycles. The predicted octanol–water partition coefficient (Wildman–Crippen LogP) is 3.23. The summed E-state index contributed by atoms with van der Waals surface area (Å²) in [5.41, 5.74) is 0. The zero-order chi connectivity index (χ0) is 10.6. The van der Waals surface area contributed by atoms with Gasteiger partial charge in [-0.2, -0.15) is 0 Å². The van der Waals surface area contributed by atoms with Crippen molar-refractivity contribution in [1.82, 2.24) is 0 Å². The van der Waals surface area contributed by atoms with Crippen molar-refractivity contribution < 1.29 is 18.1 Å². The molecule has 0 aliphatic carbocycles. The molecule has 4 nitrogen and oxygen atoms in total. The van der Waals surface area contributed by atoms with Gasteiger partial charge in [-0.3, -0.25) is 9.05 Å². The van der Waals surface area contributed by atoms with E-state index in [-0.39, 0.29) is 0 Å². The molecule has 78 valence electrons. The van der Waals surface area contributed by atoms with E-state index in [1.165, 1.54) is 14.2 Å². The topological polar surface area (TPSA) is 44.8 Å². The average molecular weight is 281 g/mol. The van der Waals surface area contributed by atoms with E-state index in [0.717, 1.165) is 4.47 Å².